The normalized spacial score (nSPS) is 13.7. The molecule has 6 heteroatoms. The number of unbranched alkanes of at least 4 members (excludes halogenated alkanes) is 1. The molecule has 0 bridgehead atoms. The van der Waals surface area contributed by atoms with Crippen LogP contribution in [0.2, 0.25) is 0 Å². The Balaban J connectivity index is 2.27. The third-order valence-corrected chi connectivity index (χ3v) is 4.24. The zero-order valence-corrected chi connectivity index (χ0v) is 11.6. The standard InChI is InChI=1S/C12H22N2O3S/c1-11(6-7-12-5-4-9-17-12)14-18(15,16)10-3-2-8-13/h4-5,9,11,14H,2-3,6-8,10,13H2,1H3. The average molecular weight is 274 g/mol. The van der Waals surface area contributed by atoms with E-state index in [9.17, 15) is 8.42 Å². The number of hydrogen-bond donors (Lipinski definition) is 2. The minimum absolute atomic E-state index is 0.0852. The van der Waals surface area contributed by atoms with Crippen molar-refractivity contribution in [2.45, 2.75) is 38.6 Å². The van der Waals surface area contributed by atoms with E-state index in [0.29, 0.717) is 13.0 Å². The zero-order valence-electron chi connectivity index (χ0n) is 10.8. The lowest BCUT2D eigenvalue weighted by molar-refractivity contribution is 0.479. The van der Waals surface area contributed by atoms with E-state index in [2.05, 4.69) is 4.72 Å². The molecule has 104 valence electrons. The Kier molecular flexibility index (Phi) is 6.38. The van der Waals surface area contributed by atoms with Gasteiger partial charge in [0, 0.05) is 12.5 Å². The van der Waals surface area contributed by atoms with Crippen LogP contribution in [0.1, 0.15) is 31.9 Å². The molecule has 1 aromatic rings. The van der Waals surface area contributed by atoms with Crippen LogP contribution in [-0.2, 0) is 16.4 Å². The molecule has 0 aromatic carbocycles. The molecule has 0 aliphatic rings. The van der Waals surface area contributed by atoms with Crippen molar-refractivity contribution in [3.05, 3.63) is 24.2 Å². The highest BCUT2D eigenvalue weighted by Crippen LogP contribution is 2.06. The SMILES string of the molecule is CC(CCc1ccco1)NS(=O)(=O)CCCCN. The first kappa shape index (κ1) is 15.2. The van der Waals surface area contributed by atoms with Crippen LogP contribution in [0.4, 0.5) is 0 Å². The molecule has 0 aliphatic carbocycles. The van der Waals surface area contributed by atoms with E-state index in [1.165, 1.54) is 0 Å². The van der Waals surface area contributed by atoms with Crippen molar-refractivity contribution in [2.24, 2.45) is 5.73 Å². The molecule has 0 aliphatic heterocycles. The van der Waals surface area contributed by atoms with Crippen LogP contribution in [0.3, 0.4) is 0 Å². The molecule has 0 radical (unpaired) electrons. The van der Waals surface area contributed by atoms with Gasteiger partial charge in [0.1, 0.15) is 5.76 Å². The molecule has 18 heavy (non-hydrogen) atoms. The summed E-state index contributed by atoms with van der Waals surface area (Å²) in [7, 11) is -3.18. The Morgan fingerprint density at radius 3 is 2.83 bits per heavy atom. The lowest BCUT2D eigenvalue weighted by Gasteiger charge is -2.13. The number of rotatable bonds is 9. The van der Waals surface area contributed by atoms with Gasteiger partial charge >= 0.3 is 0 Å². The zero-order chi connectivity index (χ0) is 13.4. The number of nitrogens with two attached hydrogens (primary N) is 1. The van der Waals surface area contributed by atoms with Crippen LogP contribution in [0.5, 0.6) is 0 Å². The monoisotopic (exact) mass is 274 g/mol. The van der Waals surface area contributed by atoms with Crippen molar-refractivity contribution in [3.8, 4) is 0 Å². The van der Waals surface area contributed by atoms with Crippen molar-refractivity contribution in [3.63, 3.8) is 0 Å². The molecule has 3 N–H and O–H groups in total. The van der Waals surface area contributed by atoms with Crippen molar-refractivity contribution in [1.29, 1.82) is 0 Å². The predicted molar refractivity (Wildman–Crippen MR) is 71.7 cm³/mol. The maximum Gasteiger partial charge on any atom is 0.211 e. The van der Waals surface area contributed by atoms with Gasteiger partial charge < -0.3 is 10.2 Å². The van der Waals surface area contributed by atoms with Crippen LogP contribution in [0, 0.1) is 0 Å². The first-order chi connectivity index (χ1) is 8.53. The maximum absolute atomic E-state index is 11.7. The molecule has 0 saturated heterocycles. The smallest absolute Gasteiger partial charge is 0.211 e. The molecule has 1 unspecified atom stereocenters. The average Bonchev–Trinajstić information content (AvgIpc) is 2.78. The summed E-state index contributed by atoms with van der Waals surface area (Å²) >= 11 is 0. The van der Waals surface area contributed by atoms with Crippen LogP contribution in [0.25, 0.3) is 0 Å². The van der Waals surface area contributed by atoms with Crippen molar-refractivity contribution in [1.82, 2.24) is 4.72 Å². The number of sulfonamides is 1. The number of furan rings is 1. The van der Waals surface area contributed by atoms with Gasteiger partial charge in [-0.3, -0.25) is 0 Å². The van der Waals surface area contributed by atoms with Gasteiger partial charge in [-0.2, -0.15) is 0 Å². The van der Waals surface area contributed by atoms with Crippen molar-refractivity contribution >= 4 is 10.0 Å². The lowest BCUT2D eigenvalue weighted by atomic mass is 10.2. The minimum Gasteiger partial charge on any atom is -0.469 e. The molecule has 1 heterocycles. The topological polar surface area (TPSA) is 85.3 Å². The summed E-state index contributed by atoms with van der Waals surface area (Å²) in [5.41, 5.74) is 5.34. The highest BCUT2D eigenvalue weighted by molar-refractivity contribution is 7.89. The van der Waals surface area contributed by atoms with Crippen LogP contribution in [-0.4, -0.2) is 26.8 Å². The molecule has 1 aromatic heterocycles. The Labute approximate surface area is 109 Å². The summed E-state index contributed by atoms with van der Waals surface area (Å²) in [5, 5.41) is 0. The molecular weight excluding hydrogens is 252 g/mol. The third kappa shape index (κ3) is 6.18. The predicted octanol–water partition coefficient (Wildman–Crippen LogP) is 1.26. The largest absolute Gasteiger partial charge is 0.469 e. The molecule has 1 atom stereocenters. The summed E-state index contributed by atoms with van der Waals surface area (Å²) in [6, 6.07) is 3.64. The second-order valence-electron chi connectivity index (χ2n) is 4.45. The summed E-state index contributed by atoms with van der Waals surface area (Å²) in [4.78, 5) is 0. The van der Waals surface area contributed by atoms with E-state index < -0.39 is 10.0 Å². The summed E-state index contributed by atoms with van der Waals surface area (Å²) < 4.78 is 31.3. The van der Waals surface area contributed by atoms with Gasteiger partial charge in [-0.05, 0) is 44.9 Å². The Hall–Kier alpha value is -0.850. The molecule has 0 fully saturated rings. The molecular formula is C12H22N2O3S. The maximum atomic E-state index is 11.7. The lowest BCUT2D eigenvalue weighted by Crippen LogP contribution is -2.34. The fourth-order valence-electron chi connectivity index (χ4n) is 1.67. The van der Waals surface area contributed by atoms with Crippen LogP contribution >= 0.6 is 0 Å². The number of nitrogens with one attached hydrogen (secondary N) is 1. The first-order valence-corrected chi connectivity index (χ1v) is 7.91. The summed E-state index contributed by atoms with van der Waals surface area (Å²) in [6.07, 6.45) is 4.43. The highest BCUT2D eigenvalue weighted by atomic mass is 32.2. The van der Waals surface area contributed by atoms with Gasteiger partial charge in [-0.25, -0.2) is 13.1 Å². The number of aryl methyl sites for hydroxylation is 1. The highest BCUT2D eigenvalue weighted by Gasteiger charge is 2.14. The molecule has 0 amide bonds. The molecule has 0 saturated carbocycles. The van der Waals surface area contributed by atoms with Gasteiger partial charge in [0.15, 0.2) is 0 Å². The Bertz CT molecular complexity index is 415. The van der Waals surface area contributed by atoms with E-state index in [0.717, 1.165) is 25.0 Å². The van der Waals surface area contributed by atoms with E-state index >= 15 is 0 Å². The molecule has 5 nitrogen and oxygen atoms in total. The third-order valence-electron chi connectivity index (χ3n) is 2.65. The van der Waals surface area contributed by atoms with Gasteiger partial charge in [0.05, 0.1) is 12.0 Å². The van der Waals surface area contributed by atoms with E-state index in [1.807, 2.05) is 19.1 Å². The van der Waals surface area contributed by atoms with Gasteiger partial charge in [-0.1, -0.05) is 0 Å². The first-order valence-electron chi connectivity index (χ1n) is 6.26. The van der Waals surface area contributed by atoms with E-state index in [1.54, 1.807) is 6.26 Å². The fourth-order valence-corrected chi connectivity index (χ4v) is 3.11. The van der Waals surface area contributed by atoms with Gasteiger partial charge in [-0.15, -0.1) is 0 Å². The Morgan fingerprint density at radius 1 is 1.44 bits per heavy atom. The van der Waals surface area contributed by atoms with E-state index in [-0.39, 0.29) is 11.8 Å². The second kappa shape index (κ2) is 7.56. The quantitative estimate of drug-likeness (QED) is 0.664. The number of hydrogen-bond acceptors (Lipinski definition) is 4. The van der Waals surface area contributed by atoms with Crippen molar-refractivity contribution in [2.75, 3.05) is 12.3 Å². The van der Waals surface area contributed by atoms with Gasteiger partial charge in [0.25, 0.3) is 0 Å². The van der Waals surface area contributed by atoms with Crippen LogP contribution in [0.15, 0.2) is 22.8 Å². The van der Waals surface area contributed by atoms with Gasteiger partial charge in [0.2, 0.25) is 10.0 Å². The molecule has 1 rings (SSSR count). The fraction of sp³-hybridized carbons (Fsp3) is 0.667. The van der Waals surface area contributed by atoms with Crippen molar-refractivity contribution < 1.29 is 12.8 Å². The van der Waals surface area contributed by atoms with E-state index in [4.69, 9.17) is 10.2 Å². The Morgan fingerprint density at radius 2 is 2.22 bits per heavy atom. The summed E-state index contributed by atoms with van der Waals surface area (Å²) in [6.45, 7) is 2.40. The molecule has 0 spiro atoms. The van der Waals surface area contributed by atoms with Crippen LogP contribution < -0.4 is 10.5 Å². The minimum atomic E-state index is -3.18. The second-order valence-corrected chi connectivity index (χ2v) is 6.33. The summed E-state index contributed by atoms with van der Waals surface area (Å²) in [5.74, 6) is 1.03.